The molecule has 1 aromatic heterocycles. The van der Waals surface area contributed by atoms with E-state index in [0.717, 1.165) is 31.9 Å². The number of benzene rings is 1. The Morgan fingerprint density at radius 3 is 2.72 bits per heavy atom. The van der Waals surface area contributed by atoms with Gasteiger partial charge in [-0.25, -0.2) is 0 Å². The maximum Gasteiger partial charge on any atom is 0.300 e. The van der Waals surface area contributed by atoms with Crippen molar-refractivity contribution in [2.24, 2.45) is 0 Å². The molecule has 0 bridgehead atoms. The van der Waals surface area contributed by atoms with Gasteiger partial charge in [-0.05, 0) is 51.0 Å². The number of ether oxygens (including phenoxy) is 2. The maximum atomic E-state index is 12.8. The summed E-state index contributed by atoms with van der Waals surface area (Å²) >= 11 is 0. The van der Waals surface area contributed by atoms with Crippen LogP contribution >= 0.6 is 0 Å². The van der Waals surface area contributed by atoms with E-state index in [0.29, 0.717) is 46.8 Å². The van der Waals surface area contributed by atoms with Crippen molar-refractivity contribution in [2.45, 2.75) is 26.4 Å². The SMILES string of the molecule is COC1=CC=C(Nc2c(C#N)nnc3cc(OC(C)C)c(NC(=O)C#CCN4CCN(C)CC4)cc23)CC#C1. The largest absolute Gasteiger partial charge is 0.489 e. The summed E-state index contributed by atoms with van der Waals surface area (Å²) in [6, 6.07) is 5.52. The second-order valence-corrected chi connectivity index (χ2v) is 9.43. The first-order valence-electron chi connectivity index (χ1n) is 12.7. The van der Waals surface area contributed by atoms with Crippen LogP contribution in [0.2, 0.25) is 0 Å². The molecule has 10 nitrogen and oxygen atoms in total. The fourth-order valence-electron chi connectivity index (χ4n) is 4.05. The minimum Gasteiger partial charge on any atom is -0.489 e. The van der Waals surface area contributed by atoms with Gasteiger partial charge in [0.1, 0.15) is 11.8 Å². The van der Waals surface area contributed by atoms with Crippen LogP contribution in [0.3, 0.4) is 0 Å². The van der Waals surface area contributed by atoms with Crippen molar-refractivity contribution in [1.29, 1.82) is 5.26 Å². The van der Waals surface area contributed by atoms with Gasteiger partial charge in [0.25, 0.3) is 5.91 Å². The molecule has 1 amide bonds. The van der Waals surface area contributed by atoms with Gasteiger partial charge in [0, 0.05) is 49.7 Å². The average Bonchev–Trinajstić information content (AvgIpc) is 3.15. The molecule has 39 heavy (non-hydrogen) atoms. The van der Waals surface area contributed by atoms with Crippen molar-refractivity contribution in [3.05, 3.63) is 41.4 Å². The lowest BCUT2D eigenvalue weighted by molar-refractivity contribution is -0.111. The number of nitrogens with zero attached hydrogens (tertiary/aromatic N) is 5. The van der Waals surface area contributed by atoms with Gasteiger partial charge in [-0.3, -0.25) is 9.69 Å². The molecule has 0 saturated carbocycles. The van der Waals surface area contributed by atoms with Gasteiger partial charge < -0.3 is 25.0 Å². The van der Waals surface area contributed by atoms with Crippen LogP contribution < -0.4 is 15.4 Å². The van der Waals surface area contributed by atoms with E-state index in [4.69, 9.17) is 9.47 Å². The standard InChI is InChI=1S/C29H31N7O3/c1-20(2)39-27-18-24-23(17-25(27)32-28(37)9-6-12-36-15-13-35(3)14-16-36)29(26(19-30)34-33-24)31-21-7-5-8-22(38-4)11-10-21/h10-11,17-18,20H,7,12-16H2,1-4H3,(H,31,33)(H,32,37). The maximum absolute atomic E-state index is 12.8. The fourth-order valence-corrected chi connectivity index (χ4v) is 4.05. The second kappa shape index (κ2) is 12.8. The summed E-state index contributed by atoms with van der Waals surface area (Å²) in [6.45, 7) is 8.13. The number of allylic oxidation sites excluding steroid dienone is 4. The highest BCUT2D eigenvalue weighted by Crippen LogP contribution is 2.35. The van der Waals surface area contributed by atoms with Gasteiger partial charge in [-0.1, -0.05) is 11.8 Å². The summed E-state index contributed by atoms with van der Waals surface area (Å²) < 4.78 is 11.2. The number of piperazine rings is 1. The molecule has 1 aromatic carbocycles. The number of amides is 1. The second-order valence-electron chi connectivity index (χ2n) is 9.43. The number of carbonyl (C=O) groups excluding carboxylic acids is 1. The van der Waals surface area contributed by atoms with Crippen LogP contribution in [0.15, 0.2) is 35.7 Å². The number of hydrogen-bond acceptors (Lipinski definition) is 9. The van der Waals surface area contributed by atoms with Crippen LogP contribution in [0.5, 0.6) is 5.75 Å². The molecule has 1 aliphatic heterocycles. The van der Waals surface area contributed by atoms with Crippen molar-refractivity contribution >= 4 is 28.2 Å². The lowest BCUT2D eigenvalue weighted by atomic mass is 10.1. The summed E-state index contributed by atoms with van der Waals surface area (Å²) in [6.07, 6.45) is 3.85. The minimum atomic E-state index is -0.451. The van der Waals surface area contributed by atoms with Gasteiger partial charge in [-0.2, -0.15) is 5.26 Å². The van der Waals surface area contributed by atoms with Crippen LogP contribution in [0, 0.1) is 35.0 Å². The van der Waals surface area contributed by atoms with E-state index >= 15 is 0 Å². The number of likely N-dealkylation sites (N-methyl/N-ethyl adjacent to an activating group) is 1. The molecule has 10 heteroatoms. The molecule has 4 rings (SSSR count). The topological polar surface area (TPSA) is 116 Å². The van der Waals surface area contributed by atoms with Crippen molar-refractivity contribution < 1.29 is 14.3 Å². The Balaban J connectivity index is 1.64. The van der Waals surface area contributed by atoms with Crippen LogP contribution in [0.25, 0.3) is 10.9 Å². The number of rotatable bonds is 7. The van der Waals surface area contributed by atoms with E-state index in [-0.39, 0.29) is 11.8 Å². The number of carbonyl (C=O) groups is 1. The molecule has 2 heterocycles. The number of fused-ring (bicyclic) bond motifs is 1. The smallest absolute Gasteiger partial charge is 0.300 e. The number of anilines is 2. The van der Waals surface area contributed by atoms with E-state index in [2.05, 4.69) is 67.4 Å². The van der Waals surface area contributed by atoms with Gasteiger partial charge >= 0.3 is 0 Å². The summed E-state index contributed by atoms with van der Waals surface area (Å²) in [5.74, 6) is 12.1. The van der Waals surface area contributed by atoms with Crippen molar-refractivity contribution in [3.8, 4) is 35.5 Å². The molecule has 2 N–H and O–H groups in total. The Hall–Kier alpha value is -4.56. The minimum absolute atomic E-state index is 0.110. The Labute approximate surface area is 228 Å². The molecular weight excluding hydrogens is 494 g/mol. The zero-order chi connectivity index (χ0) is 27.8. The van der Waals surface area contributed by atoms with Crippen LogP contribution in [-0.4, -0.2) is 78.9 Å². The number of nitriles is 1. The van der Waals surface area contributed by atoms with Crippen molar-refractivity contribution in [3.63, 3.8) is 0 Å². The summed E-state index contributed by atoms with van der Waals surface area (Å²) in [5.41, 5.74) is 2.24. The third-order valence-electron chi connectivity index (χ3n) is 6.11. The summed E-state index contributed by atoms with van der Waals surface area (Å²) in [4.78, 5) is 17.3. The zero-order valence-corrected chi connectivity index (χ0v) is 22.6. The Morgan fingerprint density at radius 1 is 1.21 bits per heavy atom. The van der Waals surface area contributed by atoms with E-state index < -0.39 is 5.91 Å². The van der Waals surface area contributed by atoms with Gasteiger partial charge in [0.15, 0.2) is 11.5 Å². The predicted molar refractivity (Wildman–Crippen MR) is 150 cm³/mol. The predicted octanol–water partition coefficient (Wildman–Crippen LogP) is 2.71. The molecule has 0 atom stereocenters. The van der Waals surface area contributed by atoms with Gasteiger partial charge in [0.05, 0.1) is 36.6 Å². The number of methoxy groups -OCH3 is 1. The molecule has 1 saturated heterocycles. The lowest BCUT2D eigenvalue weighted by Gasteiger charge is -2.30. The molecule has 1 aliphatic carbocycles. The van der Waals surface area contributed by atoms with Crippen LogP contribution in [0.1, 0.15) is 26.0 Å². The third kappa shape index (κ3) is 7.27. The summed E-state index contributed by atoms with van der Waals surface area (Å²) in [7, 11) is 3.66. The van der Waals surface area contributed by atoms with Crippen molar-refractivity contribution in [1.82, 2.24) is 20.0 Å². The normalized spacial score (nSPS) is 15.5. The molecule has 1 fully saturated rings. The first-order valence-corrected chi connectivity index (χ1v) is 12.7. The first kappa shape index (κ1) is 27.5. The van der Waals surface area contributed by atoms with E-state index in [9.17, 15) is 10.1 Å². The molecule has 2 aromatic rings. The number of nitrogens with one attached hydrogen (secondary N) is 2. The number of aromatic nitrogens is 2. The van der Waals surface area contributed by atoms with Gasteiger partial charge in [0.2, 0.25) is 0 Å². The van der Waals surface area contributed by atoms with Crippen molar-refractivity contribution in [2.75, 3.05) is 57.5 Å². The highest BCUT2D eigenvalue weighted by molar-refractivity contribution is 6.07. The number of hydrogen-bond donors (Lipinski definition) is 2. The highest BCUT2D eigenvalue weighted by Gasteiger charge is 2.18. The molecular formula is C29H31N7O3. The lowest BCUT2D eigenvalue weighted by Crippen LogP contribution is -2.44. The third-order valence-corrected chi connectivity index (χ3v) is 6.11. The summed E-state index contributed by atoms with van der Waals surface area (Å²) in [5, 5.41) is 24.8. The van der Waals surface area contributed by atoms with E-state index in [1.54, 1.807) is 25.3 Å². The molecule has 0 radical (unpaired) electrons. The average molecular weight is 526 g/mol. The monoisotopic (exact) mass is 525 g/mol. The zero-order valence-electron chi connectivity index (χ0n) is 22.6. The van der Waals surface area contributed by atoms with Crippen LogP contribution in [0.4, 0.5) is 11.4 Å². The quantitative estimate of drug-likeness (QED) is 0.527. The Kier molecular flexibility index (Phi) is 9.01. The molecule has 2 aliphatic rings. The van der Waals surface area contributed by atoms with E-state index in [1.165, 1.54) is 0 Å². The van der Waals surface area contributed by atoms with E-state index in [1.807, 2.05) is 19.9 Å². The Bertz CT molecular complexity index is 1470. The molecule has 0 spiro atoms. The molecule has 0 unspecified atom stereocenters. The van der Waals surface area contributed by atoms with Crippen LogP contribution in [-0.2, 0) is 9.53 Å². The fraction of sp³-hybridized carbons (Fsp3) is 0.379. The highest BCUT2D eigenvalue weighted by atomic mass is 16.5. The molecule has 200 valence electrons. The first-order chi connectivity index (χ1) is 18.9. The van der Waals surface area contributed by atoms with Gasteiger partial charge in [-0.15, -0.1) is 10.2 Å². The Morgan fingerprint density at radius 2 is 2.00 bits per heavy atom.